The van der Waals surface area contributed by atoms with Crippen LogP contribution in [-0.2, 0) is 24.1 Å². The van der Waals surface area contributed by atoms with Crippen LogP contribution in [0.5, 0.6) is 5.75 Å². The number of fused-ring (bicyclic) bond motifs is 3. The summed E-state index contributed by atoms with van der Waals surface area (Å²) in [5.74, 6) is -0.926. The molecular weight excluding hydrogens is 323 g/mol. The molecule has 1 aliphatic heterocycles. The summed E-state index contributed by atoms with van der Waals surface area (Å²) in [5.41, 5.74) is 2.20. The number of carbonyl (C=O) groups excluding carboxylic acids is 1. The Kier molecular flexibility index (Phi) is 4.39. The normalized spacial score (nSPS) is 15.2. The van der Waals surface area contributed by atoms with Crippen molar-refractivity contribution in [2.75, 3.05) is 0 Å². The van der Waals surface area contributed by atoms with Gasteiger partial charge >= 0.3 is 6.09 Å². The molecule has 0 fully saturated rings. The molecule has 1 aromatic carbocycles. The third-order valence-corrected chi connectivity index (χ3v) is 4.44. The first-order valence-corrected chi connectivity index (χ1v) is 8.68. The number of phenols is 1. The zero-order valence-electron chi connectivity index (χ0n) is 15.1. The van der Waals surface area contributed by atoms with Crippen LogP contribution in [0.3, 0.4) is 0 Å². The zero-order chi connectivity index (χ0) is 18.4. The van der Waals surface area contributed by atoms with Gasteiger partial charge in [0.2, 0.25) is 0 Å². The molecule has 0 saturated carbocycles. The third kappa shape index (κ3) is 3.43. The zero-order valence-corrected chi connectivity index (χ0v) is 15.1. The molecule has 3 rings (SSSR count). The SMILES string of the molecule is C[C@@H](Cc1c2n(c3ccc(O)c(F)c13)CCC2)NC(=O)OC(C)(C)C. The van der Waals surface area contributed by atoms with Crippen molar-refractivity contribution in [3.63, 3.8) is 0 Å². The number of amides is 1. The average molecular weight is 348 g/mol. The van der Waals surface area contributed by atoms with E-state index in [1.165, 1.54) is 6.07 Å². The van der Waals surface area contributed by atoms with Crippen molar-refractivity contribution in [3.05, 3.63) is 29.2 Å². The van der Waals surface area contributed by atoms with E-state index in [4.69, 9.17) is 4.74 Å². The first-order valence-electron chi connectivity index (χ1n) is 8.68. The van der Waals surface area contributed by atoms with Crippen molar-refractivity contribution >= 4 is 17.0 Å². The van der Waals surface area contributed by atoms with E-state index < -0.39 is 17.5 Å². The molecule has 136 valence electrons. The van der Waals surface area contributed by atoms with Crippen molar-refractivity contribution in [2.24, 2.45) is 0 Å². The van der Waals surface area contributed by atoms with Gasteiger partial charge in [0.1, 0.15) is 5.60 Å². The highest BCUT2D eigenvalue weighted by atomic mass is 19.1. The van der Waals surface area contributed by atoms with Gasteiger partial charge in [0.15, 0.2) is 11.6 Å². The Balaban J connectivity index is 1.89. The summed E-state index contributed by atoms with van der Waals surface area (Å²) in [6, 6.07) is 2.94. The average Bonchev–Trinajstić information content (AvgIpc) is 3.03. The number of nitrogens with one attached hydrogen (secondary N) is 1. The number of nitrogens with zero attached hydrogens (tertiary/aromatic N) is 1. The molecule has 0 saturated heterocycles. The molecule has 5 nitrogen and oxygen atoms in total. The van der Waals surface area contributed by atoms with Crippen LogP contribution in [-0.4, -0.2) is 27.4 Å². The number of aryl methyl sites for hydroxylation is 1. The summed E-state index contributed by atoms with van der Waals surface area (Å²) in [5, 5.41) is 13.0. The molecule has 0 bridgehead atoms. The van der Waals surface area contributed by atoms with Crippen molar-refractivity contribution in [1.29, 1.82) is 0 Å². The molecule has 0 unspecified atom stereocenters. The minimum absolute atomic E-state index is 0.215. The fourth-order valence-electron chi connectivity index (χ4n) is 3.55. The lowest BCUT2D eigenvalue weighted by Gasteiger charge is -2.22. The van der Waals surface area contributed by atoms with Gasteiger partial charge in [-0.15, -0.1) is 0 Å². The van der Waals surface area contributed by atoms with E-state index in [9.17, 15) is 14.3 Å². The summed E-state index contributed by atoms with van der Waals surface area (Å²) < 4.78 is 22.0. The van der Waals surface area contributed by atoms with Crippen molar-refractivity contribution in [2.45, 2.75) is 65.1 Å². The fraction of sp³-hybridized carbons (Fsp3) is 0.526. The highest BCUT2D eigenvalue weighted by Crippen LogP contribution is 2.36. The Morgan fingerprint density at radius 3 is 2.84 bits per heavy atom. The summed E-state index contributed by atoms with van der Waals surface area (Å²) >= 11 is 0. The Morgan fingerprint density at radius 2 is 2.16 bits per heavy atom. The van der Waals surface area contributed by atoms with Crippen molar-refractivity contribution < 1.29 is 19.0 Å². The Morgan fingerprint density at radius 1 is 1.44 bits per heavy atom. The van der Waals surface area contributed by atoms with Crippen molar-refractivity contribution in [1.82, 2.24) is 9.88 Å². The molecule has 1 amide bonds. The van der Waals surface area contributed by atoms with Gasteiger partial charge in [-0.25, -0.2) is 9.18 Å². The standard InChI is InChI=1S/C19H25FN2O3/c1-11(21-18(24)25-19(2,3)4)10-12-13-6-5-9-22(13)14-7-8-15(23)17(20)16(12)14/h7-8,11,23H,5-6,9-10H2,1-4H3,(H,21,24)/t11-/m0/s1. The predicted octanol–water partition coefficient (Wildman–Crippen LogP) is 3.89. The van der Waals surface area contributed by atoms with Gasteiger partial charge in [-0.05, 0) is 64.7 Å². The van der Waals surface area contributed by atoms with E-state index in [1.807, 2.05) is 27.7 Å². The molecule has 2 aromatic rings. The van der Waals surface area contributed by atoms with Crippen LogP contribution in [0.25, 0.3) is 10.9 Å². The van der Waals surface area contributed by atoms with Crippen LogP contribution >= 0.6 is 0 Å². The lowest BCUT2D eigenvalue weighted by molar-refractivity contribution is 0.0508. The highest BCUT2D eigenvalue weighted by Gasteiger charge is 2.26. The van der Waals surface area contributed by atoms with Crippen LogP contribution in [0, 0.1) is 5.82 Å². The molecule has 6 heteroatoms. The number of halogens is 1. The number of benzene rings is 1. The molecule has 0 radical (unpaired) electrons. The second-order valence-electron chi connectivity index (χ2n) is 7.72. The van der Waals surface area contributed by atoms with Gasteiger partial charge < -0.3 is 19.7 Å². The summed E-state index contributed by atoms with van der Waals surface area (Å²) in [6.07, 6.45) is 1.90. The number of ether oxygens (including phenoxy) is 1. The highest BCUT2D eigenvalue weighted by molar-refractivity contribution is 5.88. The number of alkyl carbamates (subject to hydrolysis) is 1. The largest absolute Gasteiger partial charge is 0.505 e. The molecule has 2 N–H and O–H groups in total. The molecule has 1 aliphatic rings. The van der Waals surface area contributed by atoms with E-state index in [0.717, 1.165) is 36.2 Å². The first-order chi connectivity index (χ1) is 11.7. The molecule has 1 atom stereocenters. The molecule has 0 aliphatic carbocycles. The number of aromatic hydroxyl groups is 1. The number of phenolic OH excluding ortho intramolecular Hbond substituents is 1. The van der Waals surface area contributed by atoms with Gasteiger partial charge in [-0.2, -0.15) is 0 Å². The number of hydrogen-bond donors (Lipinski definition) is 2. The van der Waals surface area contributed by atoms with Crippen LogP contribution in [0.4, 0.5) is 9.18 Å². The maximum Gasteiger partial charge on any atom is 0.407 e. The van der Waals surface area contributed by atoms with E-state index in [-0.39, 0.29) is 11.8 Å². The Hall–Kier alpha value is -2.24. The van der Waals surface area contributed by atoms with Gasteiger partial charge in [-0.1, -0.05) is 0 Å². The monoisotopic (exact) mass is 348 g/mol. The van der Waals surface area contributed by atoms with E-state index in [0.29, 0.717) is 11.8 Å². The van der Waals surface area contributed by atoms with Gasteiger partial charge in [-0.3, -0.25) is 0 Å². The Labute approximate surface area is 146 Å². The van der Waals surface area contributed by atoms with Crippen LogP contribution in [0.2, 0.25) is 0 Å². The van der Waals surface area contributed by atoms with E-state index >= 15 is 0 Å². The second-order valence-corrected chi connectivity index (χ2v) is 7.72. The smallest absolute Gasteiger partial charge is 0.407 e. The van der Waals surface area contributed by atoms with Gasteiger partial charge in [0, 0.05) is 23.7 Å². The number of aromatic nitrogens is 1. The first kappa shape index (κ1) is 17.6. The lowest BCUT2D eigenvalue weighted by Crippen LogP contribution is -2.38. The second kappa shape index (κ2) is 6.24. The number of rotatable bonds is 3. The molecule has 1 aromatic heterocycles. The molecular formula is C19H25FN2O3. The van der Waals surface area contributed by atoms with Gasteiger partial charge in [0.25, 0.3) is 0 Å². The van der Waals surface area contributed by atoms with Crippen LogP contribution in [0.1, 0.15) is 45.4 Å². The fourth-order valence-corrected chi connectivity index (χ4v) is 3.55. The number of carbonyl (C=O) groups is 1. The third-order valence-electron chi connectivity index (χ3n) is 4.44. The summed E-state index contributed by atoms with van der Waals surface area (Å²) in [7, 11) is 0. The molecule has 25 heavy (non-hydrogen) atoms. The summed E-state index contributed by atoms with van der Waals surface area (Å²) in [6.45, 7) is 8.15. The maximum atomic E-state index is 14.6. The summed E-state index contributed by atoms with van der Waals surface area (Å²) in [4.78, 5) is 12.0. The quantitative estimate of drug-likeness (QED) is 0.884. The minimum atomic E-state index is -0.584. The minimum Gasteiger partial charge on any atom is -0.505 e. The van der Waals surface area contributed by atoms with Crippen LogP contribution < -0.4 is 5.32 Å². The van der Waals surface area contributed by atoms with Crippen molar-refractivity contribution in [3.8, 4) is 5.75 Å². The maximum absolute atomic E-state index is 14.6. The van der Waals surface area contributed by atoms with E-state index in [1.54, 1.807) is 6.07 Å². The topological polar surface area (TPSA) is 63.5 Å². The van der Waals surface area contributed by atoms with Crippen LogP contribution in [0.15, 0.2) is 12.1 Å². The predicted molar refractivity (Wildman–Crippen MR) is 94.4 cm³/mol. The van der Waals surface area contributed by atoms with Gasteiger partial charge in [0.05, 0.1) is 5.52 Å². The van der Waals surface area contributed by atoms with E-state index in [2.05, 4.69) is 9.88 Å². The Bertz CT molecular complexity index is 820. The number of hydrogen-bond acceptors (Lipinski definition) is 3. The molecule has 2 heterocycles. The lowest BCUT2D eigenvalue weighted by atomic mass is 10.0. The molecule has 0 spiro atoms.